The monoisotopic (exact) mass is 431 g/mol. The molecule has 30 heavy (non-hydrogen) atoms. The molecule has 0 bridgehead atoms. The minimum absolute atomic E-state index is 0.000956. The smallest absolute Gasteiger partial charge is 0.416 e. The van der Waals surface area contributed by atoms with Crippen molar-refractivity contribution < 1.29 is 22.7 Å². The molecular weight excluding hydrogens is 415 g/mol. The Hall–Kier alpha value is -3.25. The number of halogens is 4. The molecule has 0 unspecified atom stereocenters. The zero-order valence-electron chi connectivity index (χ0n) is 15.6. The quantitative estimate of drug-likeness (QED) is 0.453. The Morgan fingerprint density at radius 3 is 2.23 bits per heavy atom. The largest absolute Gasteiger partial charge is 0.457 e. The van der Waals surface area contributed by atoms with Crippen LogP contribution in [0.2, 0.25) is 5.02 Å². The number of hydrogen-bond donors (Lipinski definition) is 1. The predicted octanol–water partition coefficient (Wildman–Crippen LogP) is 6.48. The molecule has 3 aromatic carbocycles. The summed E-state index contributed by atoms with van der Waals surface area (Å²) < 4.78 is 43.9. The van der Waals surface area contributed by atoms with Crippen LogP contribution in [0.5, 0.6) is 11.5 Å². The number of alkyl halides is 3. The van der Waals surface area contributed by atoms with E-state index in [2.05, 4.69) is 5.32 Å². The van der Waals surface area contributed by atoms with Crippen LogP contribution in [0, 0.1) is 0 Å². The first kappa shape index (κ1) is 21.5. The number of carbonyl (C=O) groups excluding carboxylic acids is 1. The summed E-state index contributed by atoms with van der Waals surface area (Å²) in [7, 11) is 0. The molecule has 0 aliphatic carbocycles. The lowest BCUT2D eigenvalue weighted by atomic mass is 10.1. The average Bonchev–Trinajstić information content (AvgIpc) is 2.73. The Morgan fingerprint density at radius 2 is 1.60 bits per heavy atom. The Kier molecular flexibility index (Phi) is 6.79. The second-order valence-corrected chi connectivity index (χ2v) is 6.81. The van der Waals surface area contributed by atoms with E-state index in [1.807, 2.05) is 0 Å². The molecule has 0 saturated heterocycles. The van der Waals surface area contributed by atoms with Gasteiger partial charge in [0, 0.05) is 17.6 Å². The van der Waals surface area contributed by atoms with E-state index in [0.717, 1.165) is 17.7 Å². The van der Waals surface area contributed by atoms with Gasteiger partial charge in [-0.2, -0.15) is 13.2 Å². The van der Waals surface area contributed by atoms with Gasteiger partial charge in [0.2, 0.25) is 5.91 Å². The number of nitrogens with one attached hydrogen (secondary N) is 1. The predicted molar refractivity (Wildman–Crippen MR) is 110 cm³/mol. The standard InChI is InChI=1S/C23H17ClF3NO2/c24-19-7-11-21(12-8-19)30-20-9-4-16(5-10-20)6-13-22(29)28-15-17-2-1-3-18(14-17)23(25,26)27/h1-14H,15H2,(H,28,29). The maximum Gasteiger partial charge on any atom is 0.416 e. The van der Waals surface area contributed by atoms with E-state index in [4.69, 9.17) is 16.3 Å². The molecule has 1 N–H and O–H groups in total. The number of rotatable bonds is 6. The van der Waals surface area contributed by atoms with E-state index in [-0.39, 0.29) is 6.54 Å². The van der Waals surface area contributed by atoms with Crippen molar-refractivity contribution in [3.05, 3.63) is 101 Å². The minimum atomic E-state index is -4.41. The van der Waals surface area contributed by atoms with Crippen LogP contribution in [0.1, 0.15) is 16.7 Å². The van der Waals surface area contributed by atoms with Crippen molar-refractivity contribution in [3.63, 3.8) is 0 Å². The first-order valence-corrected chi connectivity index (χ1v) is 9.33. The van der Waals surface area contributed by atoms with Crippen molar-refractivity contribution in [2.45, 2.75) is 12.7 Å². The van der Waals surface area contributed by atoms with Crippen LogP contribution < -0.4 is 10.1 Å². The van der Waals surface area contributed by atoms with E-state index in [1.165, 1.54) is 18.2 Å². The molecule has 0 saturated carbocycles. The van der Waals surface area contributed by atoms with Gasteiger partial charge in [-0.15, -0.1) is 0 Å². The SMILES string of the molecule is O=C(C=Cc1ccc(Oc2ccc(Cl)cc2)cc1)NCc1cccc(C(F)(F)F)c1. The van der Waals surface area contributed by atoms with Gasteiger partial charge in [-0.25, -0.2) is 0 Å². The Labute approximate surface area is 176 Å². The second kappa shape index (κ2) is 9.50. The lowest BCUT2D eigenvalue weighted by molar-refractivity contribution is -0.137. The average molecular weight is 432 g/mol. The zero-order valence-corrected chi connectivity index (χ0v) is 16.4. The van der Waals surface area contributed by atoms with Crippen molar-refractivity contribution in [1.29, 1.82) is 0 Å². The molecule has 1 amide bonds. The number of amides is 1. The van der Waals surface area contributed by atoms with Crippen molar-refractivity contribution in [3.8, 4) is 11.5 Å². The van der Waals surface area contributed by atoms with Crippen LogP contribution in [0.4, 0.5) is 13.2 Å². The first-order chi connectivity index (χ1) is 14.3. The summed E-state index contributed by atoms with van der Waals surface area (Å²) in [4.78, 5) is 12.0. The second-order valence-electron chi connectivity index (χ2n) is 6.37. The van der Waals surface area contributed by atoms with Crippen LogP contribution in [0.3, 0.4) is 0 Å². The van der Waals surface area contributed by atoms with Gasteiger partial charge in [0.05, 0.1) is 5.56 Å². The van der Waals surface area contributed by atoms with E-state index in [9.17, 15) is 18.0 Å². The van der Waals surface area contributed by atoms with Gasteiger partial charge in [-0.05, 0) is 65.7 Å². The van der Waals surface area contributed by atoms with Crippen LogP contribution >= 0.6 is 11.6 Å². The third kappa shape index (κ3) is 6.39. The van der Waals surface area contributed by atoms with Crippen molar-refractivity contribution in [1.82, 2.24) is 5.32 Å². The highest BCUT2D eigenvalue weighted by Gasteiger charge is 2.30. The molecule has 3 aromatic rings. The number of carbonyl (C=O) groups is 1. The van der Waals surface area contributed by atoms with E-state index >= 15 is 0 Å². The summed E-state index contributed by atoms with van der Waals surface area (Å²) in [6, 6.07) is 18.9. The normalized spacial score (nSPS) is 11.5. The molecule has 0 aliphatic heterocycles. The fraction of sp³-hybridized carbons (Fsp3) is 0.0870. The summed E-state index contributed by atoms with van der Waals surface area (Å²) in [5.74, 6) is 0.869. The van der Waals surface area contributed by atoms with Gasteiger partial charge < -0.3 is 10.1 Å². The third-order valence-electron chi connectivity index (χ3n) is 4.08. The summed E-state index contributed by atoms with van der Waals surface area (Å²) in [6.45, 7) is 0.000956. The zero-order chi connectivity index (χ0) is 21.6. The number of ether oxygens (including phenoxy) is 1. The minimum Gasteiger partial charge on any atom is -0.457 e. The van der Waals surface area contributed by atoms with Gasteiger partial charge >= 0.3 is 6.18 Å². The summed E-state index contributed by atoms with van der Waals surface area (Å²) in [6.07, 6.45) is -1.49. The third-order valence-corrected chi connectivity index (χ3v) is 4.33. The van der Waals surface area contributed by atoms with Gasteiger partial charge in [-0.3, -0.25) is 4.79 Å². The fourth-order valence-corrected chi connectivity index (χ4v) is 2.69. The van der Waals surface area contributed by atoms with Crippen LogP contribution in [-0.2, 0) is 17.5 Å². The highest BCUT2D eigenvalue weighted by atomic mass is 35.5. The molecule has 0 radical (unpaired) electrons. The summed E-state index contributed by atoms with van der Waals surface area (Å²) in [5.41, 5.74) is 0.397. The first-order valence-electron chi connectivity index (χ1n) is 8.95. The molecule has 0 heterocycles. The maximum atomic E-state index is 12.7. The van der Waals surface area contributed by atoms with E-state index < -0.39 is 17.6 Å². The number of benzene rings is 3. The van der Waals surface area contributed by atoms with E-state index in [1.54, 1.807) is 54.6 Å². The summed E-state index contributed by atoms with van der Waals surface area (Å²) in [5, 5.41) is 3.19. The maximum absolute atomic E-state index is 12.7. The van der Waals surface area contributed by atoms with Gasteiger partial charge in [0.1, 0.15) is 11.5 Å². The molecule has 7 heteroatoms. The van der Waals surface area contributed by atoms with Crippen molar-refractivity contribution in [2.24, 2.45) is 0 Å². The van der Waals surface area contributed by atoms with Gasteiger partial charge in [-0.1, -0.05) is 35.9 Å². The highest BCUT2D eigenvalue weighted by molar-refractivity contribution is 6.30. The molecule has 0 spiro atoms. The molecule has 0 atom stereocenters. The van der Waals surface area contributed by atoms with Crippen molar-refractivity contribution >= 4 is 23.6 Å². The lowest BCUT2D eigenvalue weighted by Gasteiger charge is -2.09. The highest BCUT2D eigenvalue weighted by Crippen LogP contribution is 2.29. The molecular formula is C23H17ClF3NO2. The summed E-state index contributed by atoms with van der Waals surface area (Å²) >= 11 is 5.84. The molecule has 0 aromatic heterocycles. The Balaban J connectivity index is 1.53. The molecule has 0 fully saturated rings. The topological polar surface area (TPSA) is 38.3 Å². The van der Waals surface area contributed by atoms with Gasteiger partial charge in [0.15, 0.2) is 0 Å². The number of hydrogen-bond acceptors (Lipinski definition) is 2. The van der Waals surface area contributed by atoms with E-state index in [0.29, 0.717) is 22.1 Å². The van der Waals surface area contributed by atoms with Crippen molar-refractivity contribution in [2.75, 3.05) is 0 Å². The van der Waals surface area contributed by atoms with Crippen LogP contribution in [-0.4, -0.2) is 5.91 Å². The molecule has 3 nitrogen and oxygen atoms in total. The van der Waals surface area contributed by atoms with Crippen LogP contribution in [0.15, 0.2) is 78.9 Å². The molecule has 154 valence electrons. The molecule has 3 rings (SSSR count). The fourth-order valence-electron chi connectivity index (χ4n) is 2.56. The lowest BCUT2D eigenvalue weighted by Crippen LogP contribution is -2.20. The Bertz CT molecular complexity index is 1030. The molecule has 0 aliphatic rings. The van der Waals surface area contributed by atoms with Crippen LogP contribution in [0.25, 0.3) is 6.08 Å². The Morgan fingerprint density at radius 1 is 0.967 bits per heavy atom. The van der Waals surface area contributed by atoms with Gasteiger partial charge in [0.25, 0.3) is 0 Å².